The van der Waals surface area contributed by atoms with Crippen molar-refractivity contribution >= 4 is 0 Å². The van der Waals surface area contributed by atoms with E-state index in [-0.39, 0.29) is 12.8 Å². The molecule has 2 nitrogen and oxygen atoms in total. The Morgan fingerprint density at radius 2 is 1.88 bits per heavy atom. The minimum absolute atomic E-state index is 0.161. The Labute approximate surface area is 101 Å². The molecule has 0 saturated heterocycles. The Balaban J connectivity index is 2.85. The van der Waals surface area contributed by atoms with Crippen LogP contribution in [0.15, 0.2) is 0 Å². The highest BCUT2D eigenvalue weighted by Crippen LogP contribution is 2.43. The fourth-order valence-corrected chi connectivity index (χ4v) is 3.12. The average molecular weight is 252 g/mol. The van der Waals surface area contributed by atoms with Crippen LogP contribution in [0.1, 0.15) is 39.5 Å². The highest BCUT2D eigenvalue weighted by molar-refractivity contribution is 4.97. The molecule has 2 atom stereocenters. The number of nitrogens with zero attached hydrogens (tertiary/aromatic N) is 1. The Hall–Kier alpha value is -0.290. The van der Waals surface area contributed by atoms with Crippen molar-refractivity contribution in [2.45, 2.75) is 51.2 Å². The van der Waals surface area contributed by atoms with E-state index in [9.17, 15) is 13.2 Å². The van der Waals surface area contributed by atoms with E-state index in [4.69, 9.17) is 5.73 Å². The van der Waals surface area contributed by atoms with Gasteiger partial charge in [0, 0.05) is 12.1 Å². The third-order valence-electron chi connectivity index (χ3n) is 4.10. The van der Waals surface area contributed by atoms with Crippen molar-refractivity contribution < 1.29 is 13.2 Å². The van der Waals surface area contributed by atoms with Gasteiger partial charge in [0.25, 0.3) is 0 Å². The first-order valence-corrected chi connectivity index (χ1v) is 6.41. The summed E-state index contributed by atoms with van der Waals surface area (Å²) in [5.74, 6) is -1.18. The van der Waals surface area contributed by atoms with E-state index in [1.807, 2.05) is 13.8 Å². The zero-order chi connectivity index (χ0) is 13.1. The van der Waals surface area contributed by atoms with Crippen LogP contribution in [0.5, 0.6) is 0 Å². The maximum atomic E-state index is 12.8. The van der Waals surface area contributed by atoms with Crippen LogP contribution in [0, 0.1) is 5.92 Å². The second-order valence-corrected chi connectivity index (χ2v) is 4.94. The minimum Gasteiger partial charge on any atom is -0.329 e. The molecule has 0 aromatic rings. The van der Waals surface area contributed by atoms with E-state index >= 15 is 0 Å². The first-order chi connectivity index (χ1) is 7.89. The Kier molecular flexibility index (Phi) is 4.84. The molecule has 1 aliphatic rings. The van der Waals surface area contributed by atoms with E-state index in [0.29, 0.717) is 13.0 Å². The van der Waals surface area contributed by atoms with Crippen molar-refractivity contribution in [2.75, 3.05) is 19.6 Å². The molecule has 0 radical (unpaired) electrons. The summed E-state index contributed by atoms with van der Waals surface area (Å²) in [5, 5.41) is 0. The lowest BCUT2D eigenvalue weighted by Crippen LogP contribution is -2.57. The number of alkyl halides is 3. The summed E-state index contributed by atoms with van der Waals surface area (Å²) in [7, 11) is 0. The summed E-state index contributed by atoms with van der Waals surface area (Å²) < 4.78 is 38.5. The molecule has 0 bridgehead atoms. The fourth-order valence-electron chi connectivity index (χ4n) is 3.12. The molecule has 0 heterocycles. The van der Waals surface area contributed by atoms with Crippen LogP contribution >= 0.6 is 0 Å². The standard InChI is InChI=1S/C12H23F3N2/c1-3-17(4-2)11(9-16)7-5-6-10(8-11)12(13,14)15/h10H,3-9,16H2,1-2H3. The molecule has 102 valence electrons. The molecule has 1 fully saturated rings. The van der Waals surface area contributed by atoms with Gasteiger partial charge in [0.1, 0.15) is 0 Å². The smallest absolute Gasteiger partial charge is 0.329 e. The van der Waals surface area contributed by atoms with Gasteiger partial charge < -0.3 is 5.73 Å². The number of hydrogen-bond donors (Lipinski definition) is 1. The Morgan fingerprint density at radius 1 is 1.29 bits per heavy atom. The zero-order valence-corrected chi connectivity index (χ0v) is 10.7. The van der Waals surface area contributed by atoms with Crippen LogP contribution < -0.4 is 5.73 Å². The number of likely N-dealkylation sites (N-methyl/N-ethyl adjacent to an activating group) is 1. The first-order valence-electron chi connectivity index (χ1n) is 6.41. The molecule has 1 aliphatic carbocycles. The zero-order valence-electron chi connectivity index (χ0n) is 10.7. The molecule has 0 spiro atoms. The molecule has 17 heavy (non-hydrogen) atoms. The van der Waals surface area contributed by atoms with Gasteiger partial charge in [0.05, 0.1) is 5.92 Å². The monoisotopic (exact) mass is 252 g/mol. The molecule has 2 unspecified atom stereocenters. The van der Waals surface area contributed by atoms with E-state index in [2.05, 4.69) is 4.90 Å². The lowest BCUT2D eigenvalue weighted by Gasteiger charge is -2.48. The van der Waals surface area contributed by atoms with E-state index in [0.717, 1.165) is 19.5 Å². The lowest BCUT2D eigenvalue weighted by molar-refractivity contribution is -0.193. The molecule has 1 saturated carbocycles. The summed E-state index contributed by atoms with van der Waals surface area (Å²) in [6.07, 6.45) is -2.25. The number of halogens is 3. The predicted octanol–water partition coefficient (Wildman–Crippen LogP) is 2.78. The molecule has 1 rings (SSSR count). The van der Waals surface area contributed by atoms with Crippen molar-refractivity contribution in [3.05, 3.63) is 0 Å². The van der Waals surface area contributed by atoms with Gasteiger partial charge in [-0.1, -0.05) is 20.3 Å². The second kappa shape index (κ2) is 5.57. The van der Waals surface area contributed by atoms with Gasteiger partial charge in [-0.3, -0.25) is 4.90 Å². The maximum absolute atomic E-state index is 12.8. The fraction of sp³-hybridized carbons (Fsp3) is 1.00. The van der Waals surface area contributed by atoms with Crippen molar-refractivity contribution in [1.29, 1.82) is 0 Å². The van der Waals surface area contributed by atoms with Crippen LogP contribution in [0.4, 0.5) is 13.2 Å². The normalized spacial score (nSPS) is 30.9. The topological polar surface area (TPSA) is 29.3 Å². The number of hydrogen-bond acceptors (Lipinski definition) is 2. The van der Waals surface area contributed by atoms with E-state index in [1.165, 1.54) is 0 Å². The summed E-state index contributed by atoms with van der Waals surface area (Å²) in [5.41, 5.74) is 5.34. The molecule has 0 amide bonds. The summed E-state index contributed by atoms with van der Waals surface area (Å²) in [6.45, 7) is 5.81. The van der Waals surface area contributed by atoms with Crippen molar-refractivity contribution in [1.82, 2.24) is 4.90 Å². The van der Waals surface area contributed by atoms with Gasteiger partial charge in [-0.2, -0.15) is 13.2 Å². The molecular weight excluding hydrogens is 229 g/mol. The third-order valence-corrected chi connectivity index (χ3v) is 4.10. The van der Waals surface area contributed by atoms with Crippen LogP contribution in [-0.4, -0.2) is 36.2 Å². The maximum Gasteiger partial charge on any atom is 0.391 e. The second-order valence-electron chi connectivity index (χ2n) is 4.94. The first kappa shape index (κ1) is 14.8. The minimum atomic E-state index is -4.08. The third kappa shape index (κ3) is 3.13. The van der Waals surface area contributed by atoms with Crippen LogP contribution in [0.3, 0.4) is 0 Å². The quantitative estimate of drug-likeness (QED) is 0.833. The van der Waals surface area contributed by atoms with Gasteiger partial charge in [0.2, 0.25) is 0 Å². The molecule has 0 aromatic carbocycles. The highest BCUT2D eigenvalue weighted by Gasteiger charge is 2.48. The molecule has 5 heteroatoms. The highest BCUT2D eigenvalue weighted by atomic mass is 19.4. The van der Waals surface area contributed by atoms with Crippen LogP contribution in [0.2, 0.25) is 0 Å². The molecular formula is C12H23F3N2. The van der Waals surface area contributed by atoms with Gasteiger partial charge in [-0.05, 0) is 32.4 Å². The molecule has 2 N–H and O–H groups in total. The van der Waals surface area contributed by atoms with E-state index in [1.54, 1.807) is 0 Å². The Morgan fingerprint density at radius 3 is 2.29 bits per heavy atom. The molecule has 0 aliphatic heterocycles. The van der Waals surface area contributed by atoms with Crippen LogP contribution in [-0.2, 0) is 0 Å². The van der Waals surface area contributed by atoms with Crippen LogP contribution in [0.25, 0.3) is 0 Å². The number of rotatable bonds is 4. The summed E-state index contributed by atoms with van der Waals surface area (Å²) in [4.78, 5) is 2.10. The van der Waals surface area contributed by atoms with Gasteiger partial charge in [0.15, 0.2) is 0 Å². The van der Waals surface area contributed by atoms with Crippen molar-refractivity contribution in [3.63, 3.8) is 0 Å². The summed E-state index contributed by atoms with van der Waals surface area (Å²) >= 11 is 0. The Bertz CT molecular complexity index is 238. The largest absolute Gasteiger partial charge is 0.391 e. The number of nitrogens with two attached hydrogens (primary N) is 1. The predicted molar refractivity (Wildman–Crippen MR) is 62.7 cm³/mol. The van der Waals surface area contributed by atoms with Gasteiger partial charge in [-0.25, -0.2) is 0 Å². The molecule has 0 aromatic heterocycles. The van der Waals surface area contributed by atoms with Crippen molar-refractivity contribution in [3.8, 4) is 0 Å². The van der Waals surface area contributed by atoms with Gasteiger partial charge in [-0.15, -0.1) is 0 Å². The lowest BCUT2D eigenvalue weighted by atomic mass is 9.74. The van der Waals surface area contributed by atoms with Gasteiger partial charge >= 0.3 is 6.18 Å². The summed E-state index contributed by atoms with van der Waals surface area (Å²) in [6, 6.07) is 0. The SMILES string of the molecule is CCN(CC)C1(CN)CCCC(C(F)(F)F)C1. The van der Waals surface area contributed by atoms with Crippen molar-refractivity contribution in [2.24, 2.45) is 11.7 Å². The average Bonchev–Trinajstić information content (AvgIpc) is 2.30. The van der Waals surface area contributed by atoms with E-state index < -0.39 is 17.6 Å².